The molecule has 0 fully saturated rings. The van der Waals surface area contributed by atoms with E-state index in [0.29, 0.717) is 6.54 Å². The van der Waals surface area contributed by atoms with Gasteiger partial charge in [-0.1, -0.05) is 13.3 Å². The van der Waals surface area contributed by atoms with E-state index >= 15 is 0 Å². The van der Waals surface area contributed by atoms with Gasteiger partial charge >= 0.3 is 12.0 Å². The fourth-order valence-corrected chi connectivity index (χ4v) is 0.994. The molecular formula is C10H18N2O4. The normalized spacial score (nSPS) is 9.62. The summed E-state index contributed by atoms with van der Waals surface area (Å²) >= 11 is 0. The molecule has 0 aliphatic carbocycles. The summed E-state index contributed by atoms with van der Waals surface area (Å²) in [7, 11) is 1.59. The predicted molar refractivity (Wildman–Crippen MR) is 57.9 cm³/mol. The molecule has 0 aromatic carbocycles. The van der Waals surface area contributed by atoms with Crippen LogP contribution in [0.2, 0.25) is 0 Å². The highest BCUT2D eigenvalue weighted by atomic mass is 16.4. The van der Waals surface area contributed by atoms with Crippen molar-refractivity contribution in [1.29, 1.82) is 0 Å². The number of carboxylic acid groups (broad SMARTS) is 1. The highest BCUT2D eigenvalue weighted by molar-refractivity contribution is 5.95. The Morgan fingerprint density at radius 2 is 1.88 bits per heavy atom. The lowest BCUT2D eigenvalue weighted by molar-refractivity contribution is -0.138. The molecule has 0 unspecified atom stereocenters. The number of hydrogen-bond acceptors (Lipinski definition) is 3. The molecule has 0 spiro atoms. The summed E-state index contributed by atoms with van der Waals surface area (Å²) in [4.78, 5) is 34.1. The molecular weight excluding hydrogens is 212 g/mol. The molecule has 0 aliphatic heterocycles. The molecule has 6 heteroatoms. The number of urea groups is 1. The summed E-state index contributed by atoms with van der Waals surface area (Å²) in [6.07, 6.45) is 1.39. The van der Waals surface area contributed by atoms with Gasteiger partial charge in [-0.25, -0.2) is 4.79 Å². The van der Waals surface area contributed by atoms with Gasteiger partial charge in [-0.15, -0.1) is 0 Å². The molecule has 2 N–H and O–H groups in total. The van der Waals surface area contributed by atoms with E-state index in [1.54, 1.807) is 7.05 Å². The number of rotatable bonds is 6. The summed E-state index contributed by atoms with van der Waals surface area (Å²) in [6.45, 7) is 2.58. The third-order valence-corrected chi connectivity index (χ3v) is 2.01. The lowest BCUT2D eigenvalue weighted by atomic mass is 10.3. The second-order valence-electron chi connectivity index (χ2n) is 3.52. The fraction of sp³-hybridized carbons (Fsp3) is 0.700. The van der Waals surface area contributed by atoms with Crippen LogP contribution in [0.4, 0.5) is 4.79 Å². The van der Waals surface area contributed by atoms with Crippen molar-refractivity contribution in [2.45, 2.75) is 32.6 Å². The SMILES string of the molecule is CCCCN(C)C(=O)NC(=O)CCC(=O)O. The summed E-state index contributed by atoms with van der Waals surface area (Å²) in [6, 6.07) is -0.483. The van der Waals surface area contributed by atoms with Gasteiger partial charge in [0, 0.05) is 20.0 Å². The molecule has 6 nitrogen and oxygen atoms in total. The highest BCUT2D eigenvalue weighted by Gasteiger charge is 2.12. The quantitative estimate of drug-likeness (QED) is 0.707. The van der Waals surface area contributed by atoms with Gasteiger partial charge in [-0.05, 0) is 6.42 Å². The van der Waals surface area contributed by atoms with Crippen LogP contribution in [-0.4, -0.2) is 41.5 Å². The third kappa shape index (κ3) is 6.80. The molecule has 0 bridgehead atoms. The van der Waals surface area contributed by atoms with E-state index in [9.17, 15) is 14.4 Å². The number of imide groups is 1. The second-order valence-corrected chi connectivity index (χ2v) is 3.52. The van der Waals surface area contributed by atoms with Crippen molar-refractivity contribution in [3.63, 3.8) is 0 Å². The van der Waals surface area contributed by atoms with Crippen molar-refractivity contribution in [2.24, 2.45) is 0 Å². The topological polar surface area (TPSA) is 86.7 Å². The molecule has 0 heterocycles. The lowest BCUT2D eigenvalue weighted by Gasteiger charge is -2.16. The molecule has 0 rings (SSSR count). The molecule has 0 saturated heterocycles. The minimum Gasteiger partial charge on any atom is -0.481 e. The van der Waals surface area contributed by atoms with Crippen LogP contribution in [0, 0.1) is 0 Å². The largest absolute Gasteiger partial charge is 0.481 e. The van der Waals surface area contributed by atoms with Crippen molar-refractivity contribution in [2.75, 3.05) is 13.6 Å². The number of amides is 3. The Bertz CT molecular complexity index is 266. The number of aliphatic carboxylic acids is 1. The van der Waals surface area contributed by atoms with E-state index in [1.165, 1.54) is 4.90 Å². The molecule has 3 amide bonds. The van der Waals surface area contributed by atoms with Gasteiger partial charge in [0.2, 0.25) is 5.91 Å². The Morgan fingerprint density at radius 3 is 2.38 bits per heavy atom. The zero-order chi connectivity index (χ0) is 12.6. The molecule has 0 radical (unpaired) electrons. The fourth-order valence-electron chi connectivity index (χ4n) is 0.994. The van der Waals surface area contributed by atoms with Gasteiger partial charge in [0.25, 0.3) is 0 Å². The van der Waals surface area contributed by atoms with Crippen LogP contribution < -0.4 is 5.32 Å². The monoisotopic (exact) mass is 230 g/mol. The van der Waals surface area contributed by atoms with Gasteiger partial charge in [0.15, 0.2) is 0 Å². The standard InChI is InChI=1S/C10H18N2O4/c1-3-4-7-12(2)10(16)11-8(13)5-6-9(14)15/h3-7H2,1-2H3,(H,14,15)(H,11,13,16). The molecule has 16 heavy (non-hydrogen) atoms. The first-order valence-electron chi connectivity index (χ1n) is 5.24. The number of unbranched alkanes of at least 4 members (excludes halogenated alkanes) is 1. The first-order valence-corrected chi connectivity index (χ1v) is 5.24. The predicted octanol–water partition coefficient (Wildman–Crippen LogP) is 0.819. The van der Waals surface area contributed by atoms with Crippen molar-refractivity contribution in [3.05, 3.63) is 0 Å². The van der Waals surface area contributed by atoms with E-state index < -0.39 is 17.9 Å². The minimum absolute atomic E-state index is 0.178. The van der Waals surface area contributed by atoms with E-state index in [1.807, 2.05) is 6.92 Å². The van der Waals surface area contributed by atoms with Crippen LogP contribution in [0.5, 0.6) is 0 Å². The van der Waals surface area contributed by atoms with Gasteiger partial charge in [-0.2, -0.15) is 0 Å². The highest BCUT2D eigenvalue weighted by Crippen LogP contribution is 1.94. The van der Waals surface area contributed by atoms with Gasteiger partial charge in [-0.3, -0.25) is 14.9 Å². The molecule has 92 valence electrons. The van der Waals surface area contributed by atoms with Crippen LogP contribution in [-0.2, 0) is 9.59 Å². The van der Waals surface area contributed by atoms with Crippen LogP contribution in [0.1, 0.15) is 32.6 Å². The summed E-state index contributed by atoms with van der Waals surface area (Å²) in [5, 5.41) is 10.5. The zero-order valence-electron chi connectivity index (χ0n) is 9.65. The van der Waals surface area contributed by atoms with Crippen LogP contribution in [0.3, 0.4) is 0 Å². The van der Waals surface area contributed by atoms with Crippen LogP contribution in [0.15, 0.2) is 0 Å². The van der Waals surface area contributed by atoms with Gasteiger partial charge < -0.3 is 10.0 Å². The van der Waals surface area contributed by atoms with Crippen molar-refractivity contribution in [3.8, 4) is 0 Å². The number of nitrogens with zero attached hydrogens (tertiary/aromatic N) is 1. The third-order valence-electron chi connectivity index (χ3n) is 2.01. The molecule has 0 saturated carbocycles. The zero-order valence-corrected chi connectivity index (χ0v) is 9.65. The number of carbonyl (C=O) groups excluding carboxylic acids is 2. The number of carbonyl (C=O) groups is 3. The Hall–Kier alpha value is -1.59. The van der Waals surface area contributed by atoms with E-state index in [-0.39, 0.29) is 12.8 Å². The van der Waals surface area contributed by atoms with E-state index in [2.05, 4.69) is 5.32 Å². The summed E-state index contributed by atoms with van der Waals surface area (Å²) < 4.78 is 0. The first-order chi connectivity index (χ1) is 7.47. The van der Waals surface area contributed by atoms with Crippen molar-refractivity contribution < 1.29 is 19.5 Å². The van der Waals surface area contributed by atoms with Gasteiger partial charge in [0.1, 0.15) is 0 Å². The lowest BCUT2D eigenvalue weighted by Crippen LogP contribution is -2.41. The molecule has 0 aromatic heterocycles. The average Bonchev–Trinajstić information content (AvgIpc) is 2.22. The average molecular weight is 230 g/mol. The smallest absolute Gasteiger partial charge is 0.323 e. The number of nitrogens with one attached hydrogen (secondary N) is 1. The summed E-state index contributed by atoms with van der Waals surface area (Å²) in [5.41, 5.74) is 0. The van der Waals surface area contributed by atoms with Crippen molar-refractivity contribution >= 4 is 17.9 Å². The number of carboxylic acids is 1. The van der Waals surface area contributed by atoms with Crippen LogP contribution in [0.25, 0.3) is 0 Å². The van der Waals surface area contributed by atoms with E-state index in [0.717, 1.165) is 12.8 Å². The number of hydrogen-bond donors (Lipinski definition) is 2. The van der Waals surface area contributed by atoms with Crippen molar-refractivity contribution in [1.82, 2.24) is 10.2 Å². The Morgan fingerprint density at radius 1 is 1.25 bits per heavy atom. The molecule has 0 aromatic rings. The Balaban J connectivity index is 3.85. The maximum Gasteiger partial charge on any atom is 0.323 e. The summed E-state index contributed by atoms with van der Waals surface area (Å²) in [5.74, 6) is -1.61. The molecule has 0 atom stereocenters. The maximum absolute atomic E-state index is 11.4. The minimum atomic E-state index is -1.05. The Labute approximate surface area is 94.6 Å². The molecule has 0 aliphatic rings. The van der Waals surface area contributed by atoms with Gasteiger partial charge in [0.05, 0.1) is 6.42 Å². The second kappa shape index (κ2) is 7.67. The maximum atomic E-state index is 11.4. The van der Waals surface area contributed by atoms with E-state index in [4.69, 9.17) is 5.11 Å². The van der Waals surface area contributed by atoms with Crippen LogP contribution >= 0.6 is 0 Å². The first kappa shape index (κ1) is 14.4. The Kier molecular flexibility index (Phi) is 6.91.